The standard InChI is InChI=1S/C11H13BrCl2/c1-11(2,7-12)6-8-3-4-9(13)10(14)5-8/h3-5H,6-7H2,1-2H3. The van der Waals surface area contributed by atoms with Crippen LogP contribution < -0.4 is 0 Å². The maximum atomic E-state index is 5.94. The zero-order valence-electron chi connectivity index (χ0n) is 8.28. The minimum Gasteiger partial charge on any atom is -0.0922 e. The largest absolute Gasteiger partial charge is 0.0922 e. The van der Waals surface area contributed by atoms with Gasteiger partial charge in [-0.3, -0.25) is 0 Å². The molecule has 0 amide bonds. The molecule has 0 aliphatic heterocycles. The molecule has 1 aromatic rings. The highest BCUT2D eigenvalue weighted by atomic mass is 79.9. The molecule has 0 atom stereocenters. The summed E-state index contributed by atoms with van der Waals surface area (Å²) in [5, 5.41) is 2.22. The first-order chi connectivity index (χ1) is 6.44. The van der Waals surface area contributed by atoms with Crippen LogP contribution in [0, 0.1) is 5.41 Å². The lowest BCUT2D eigenvalue weighted by atomic mass is 9.88. The van der Waals surface area contributed by atoms with Crippen molar-refractivity contribution in [3.8, 4) is 0 Å². The van der Waals surface area contributed by atoms with Crippen LogP contribution in [0.5, 0.6) is 0 Å². The molecule has 0 fully saturated rings. The van der Waals surface area contributed by atoms with Crippen LogP contribution in [-0.4, -0.2) is 5.33 Å². The number of halogens is 3. The Morgan fingerprint density at radius 2 is 1.86 bits per heavy atom. The number of rotatable bonds is 3. The van der Waals surface area contributed by atoms with E-state index in [4.69, 9.17) is 23.2 Å². The molecule has 3 heteroatoms. The lowest BCUT2D eigenvalue weighted by Crippen LogP contribution is -2.16. The topological polar surface area (TPSA) is 0 Å². The third-order valence-corrected chi connectivity index (χ3v) is 4.29. The summed E-state index contributed by atoms with van der Waals surface area (Å²) >= 11 is 15.3. The molecule has 1 rings (SSSR count). The monoisotopic (exact) mass is 294 g/mol. The molecule has 0 bridgehead atoms. The van der Waals surface area contributed by atoms with Gasteiger partial charge in [-0.25, -0.2) is 0 Å². The van der Waals surface area contributed by atoms with Crippen LogP contribution in [0.3, 0.4) is 0 Å². The van der Waals surface area contributed by atoms with E-state index in [9.17, 15) is 0 Å². The third kappa shape index (κ3) is 3.45. The Hall–Kier alpha value is 0.280. The summed E-state index contributed by atoms with van der Waals surface area (Å²) in [7, 11) is 0. The van der Waals surface area contributed by atoms with Gasteiger partial charge in [-0.2, -0.15) is 0 Å². The average Bonchev–Trinajstić information content (AvgIpc) is 2.11. The molecule has 0 radical (unpaired) electrons. The van der Waals surface area contributed by atoms with E-state index in [1.54, 1.807) is 0 Å². The fourth-order valence-corrected chi connectivity index (χ4v) is 1.77. The van der Waals surface area contributed by atoms with Gasteiger partial charge in [0.05, 0.1) is 10.0 Å². The summed E-state index contributed by atoms with van der Waals surface area (Å²) in [5.41, 5.74) is 1.47. The molecule has 0 nitrogen and oxygen atoms in total. The van der Waals surface area contributed by atoms with Crippen molar-refractivity contribution in [2.45, 2.75) is 20.3 Å². The molecule has 0 aliphatic rings. The van der Waals surface area contributed by atoms with E-state index in [0.717, 1.165) is 11.8 Å². The van der Waals surface area contributed by atoms with Gasteiger partial charge in [-0.15, -0.1) is 0 Å². The molecular formula is C11H13BrCl2. The zero-order chi connectivity index (χ0) is 10.8. The van der Waals surface area contributed by atoms with Gasteiger partial charge in [0.2, 0.25) is 0 Å². The lowest BCUT2D eigenvalue weighted by molar-refractivity contribution is 0.425. The second-order valence-corrected chi connectivity index (χ2v) is 5.60. The van der Waals surface area contributed by atoms with E-state index in [1.807, 2.05) is 18.2 Å². The predicted molar refractivity (Wildman–Crippen MR) is 67.7 cm³/mol. The van der Waals surface area contributed by atoms with Gasteiger partial charge in [0.25, 0.3) is 0 Å². The van der Waals surface area contributed by atoms with Gasteiger partial charge in [0.15, 0.2) is 0 Å². The minimum absolute atomic E-state index is 0.247. The van der Waals surface area contributed by atoms with Crippen molar-refractivity contribution in [3.63, 3.8) is 0 Å². The molecule has 0 saturated heterocycles. The number of hydrogen-bond donors (Lipinski definition) is 0. The van der Waals surface area contributed by atoms with Crippen LogP contribution in [0.1, 0.15) is 19.4 Å². The Bertz CT molecular complexity index is 321. The Labute approximate surface area is 104 Å². The van der Waals surface area contributed by atoms with Crippen molar-refractivity contribution in [2.75, 3.05) is 5.33 Å². The van der Waals surface area contributed by atoms with E-state index < -0.39 is 0 Å². The fourth-order valence-electron chi connectivity index (χ4n) is 1.25. The molecule has 0 heterocycles. The van der Waals surface area contributed by atoms with Crippen LogP contribution in [0.25, 0.3) is 0 Å². The molecule has 0 N–H and O–H groups in total. The highest BCUT2D eigenvalue weighted by molar-refractivity contribution is 9.09. The Kier molecular flexibility index (Phi) is 4.30. The van der Waals surface area contributed by atoms with Gasteiger partial charge in [0, 0.05) is 5.33 Å². The molecule has 1 aromatic carbocycles. The summed E-state index contributed by atoms with van der Waals surface area (Å²) in [6, 6.07) is 5.82. The second-order valence-electron chi connectivity index (χ2n) is 4.22. The molecular weight excluding hydrogens is 283 g/mol. The van der Waals surface area contributed by atoms with Gasteiger partial charge in [-0.1, -0.05) is 59.0 Å². The quantitative estimate of drug-likeness (QED) is 0.692. The summed E-state index contributed by atoms with van der Waals surface area (Å²) in [6.45, 7) is 4.43. The molecule has 0 spiro atoms. The second kappa shape index (κ2) is 4.87. The average molecular weight is 296 g/mol. The van der Waals surface area contributed by atoms with Gasteiger partial charge in [0.1, 0.15) is 0 Å². The summed E-state index contributed by atoms with van der Waals surface area (Å²) < 4.78 is 0. The Morgan fingerprint density at radius 3 is 2.36 bits per heavy atom. The first-order valence-corrected chi connectivity index (χ1v) is 6.32. The SMILES string of the molecule is CC(C)(CBr)Cc1ccc(Cl)c(Cl)c1. The van der Waals surface area contributed by atoms with Crippen molar-refractivity contribution in [3.05, 3.63) is 33.8 Å². The number of alkyl halides is 1. The van der Waals surface area contributed by atoms with Gasteiger partial charge < -0.3 is 0 Å². The van der Waals surface area contributed by atoms with Crippen molar-refractivity contribution < 1.29 is 0 Å². The van der Waals surface area contributed by atoms with E-state index in [2.05, 4.69) is 29.8 Å². The third-order valence-electron chi connectivity index (χ3n) is 2.03. The highest BCUT2D eigenvalue weighted by Crippen LogP contribution is 2.28. The van der Waals surface area contributed by atoms with Crippen LogP contribution in [0.15, 0.2) is 18.2 Å². The van der Waals surface area contributed by atoms with Crippen LogP contribution in [0.2, 0.25) is 10.0 Å². The molecule has 78 valence electrons. The van der Waals surface area contributed by atoms with Gasteiger partial charge in [-0.05, 0) is 29.5 Å². The Balaban J connectivity index is 2.83. The predicted octanol–water partition coefficient (Wildman–Crippen LogP) is 4.96. The van der Waals surface area contributed by atoms with E-state index in [-0.39, 0.29) is 5.41 Å². The van der Waals surface area contributed by atoms with E-state index in [0.29, 0.717) is 10.0 Å². The fraction of sp³-hybridized carbons (Fsp3) is 0.455. The summed E-state index contributed by atoms with van der Waals surface area (Å²) in [4.78, 5) is 0. The van der Waals surface area contributed by atoms with Crippen LogP contribution >= 0.6 is 39.1 Å². The first kappa shape index (κ1) is 12.4. The summed E-state index contributed by atoms with van der Waals surface area (Å²) in [5.74, 6) is 0. The molecule has 0 aromatic heterocycles. The van der Waals surface area contributed by atoms with Crippen LogP contribution in [0.4, 0.5) is 0 Å². The normalized spacial score (nSPS) is 11.8. The van der Waals surface area contributed by atoms with Gasteiger partial charge >= 0.3 is 0 Å². The molecule has 0 saturated carbocycles. The number of benzene rings is 1. The highest BCUT2D eigenvalue weighted by Gasteiger charge is 2.16. The van der Waals surface area contributed by atoms with Crippen molar-refractivity contribution in [1.29, 1.82) is 0 Å². The summed E-state index contributed by atoms with van der Waals surface area (Å²) in [6.07, 6.45) is 0.995. The van der Waals surface area contributed by atoms with E-state index in [1.165, 1.54) is 5.56 Å². The van der Waals surface area contributed by atoms with Crippen LogP contribution in [-0.2, 0) is 6.42 Å². The molecule has 0 unspecified atom stereocenters. The zero-order valence-corrected chi connectivity index (χ0v) is 11.4. The molecule has 0 aliphatic carbocycles. The van der Waals surface area contributed by atoms with E-state index >= 15 is 0 Å². The minimum atomic E-state index is 0.247. The lowest BCUT2D eigenvalue weighted by Gasteiger charge is -2.21. The number of hydrogen-bond acceptors (Lipinski definition) is 0. The maximum Gasteiger partial charge on any atom is 0.0595 e. The van der Waals surface area contributed by atoms with Crippen molar-refractivity contribution in [2.24, 2.45) is 5.41 Å². The van der Waals surface area contributed by atoms with Crippen molar-refractivity contribution >= 4 is 39.1 Å². The Morgan fingerprint density at radius 1 is 1.21 bits per heavy atom. The molecule has 14 heavy (non-hydrogen) atoms. The first-order valence-electron chi connectivity index (χ1n) is 4.44. The van der Waals surface area contributed by atoms with Crippen molar-refractivity contribution in [1.82, 2.24) is 0 Å². The maximum absolute atomic E-state index is 5.94. The smallest absolute Gasteiger partial charge is 0.0595 e.